The van der Waals surface area contributed by atoms with Crippen LogP contribution >= 0.6 is 23.2 Å². The molecule has 6 nitrogen and oxygen atoms in total. The van der Waals surface area contributed by atoms with Gasteiger partial charge in [0.15, 0.2) is 11.4 Å². The molecule has 26 heavy (non-hydrogen) atoms. The van der Waals surface area contributed by atoms with Gasteiger partial charge < -0.3 is 10.2 Å². The third-order valence-corrected chi connectivity index (χ3v) is 4.22. The lowest BCUT2D eigenvalue weighted by atomic mass is 10.0. The smallest absolute Gasteiger partial charge is 0.357 e. The van der Waals surface area contributed by atoms with Gasteiger partial charge >= 0.3 is 11.9 Å². The number of aromatic nitrogens is 2. The summed E-state index contributed by atoms with van der Waals surface area (Å²) in [5.74, 6) is -3.01. The summed E-state index contributed by atoms with van der Waals surface area (Å²) in [6, 6.07) is 13.3. The molecule has 130 valence electrons. The van der Waals surface area contributed by atoms with E-state index < -0.39 is 23.3 Å². The number of carboxylic acid groups (broad SMARTS) is 2. The molecule has 0 radical (unpaired) electrons. The van der Waals surface area contributed by atoms with Crippen LogP contribution in [0, 0.1) is 0 Å². The molecule has 3 rings (SSSR count). The zero-order valence-electron chi connectivity index (χ0n) is 13.0. The van der Waals surface area contributed by atoms with Gasteiger partial charge in [0.05, 0.1) is 21.4 Å². The number of halogens is 2. The minimum absolute atomic E-state index is 0.131. The summed E-state index contributed by atoms with van der Waals surface area (Å²) in [7, 11) is 0. The molecule has 0 amide bonds. The van der Waals surface area contributed by atoms with E-state index in [0.717, 1.165) is 0 Å². The van der Waals surface area contributed by atoms with Crippen LogP contribution < -0.4 is 0 Å². The Morgan fingerprint density at radius 2 is 1.04 bits per heavy atom. The molecule has 0 unspecified atom stereocenters. The van der Waals surface area contributed by atoms with Crippen molar-refractivity contribution in [1.29, 1.82) is 0 Å². The first-order valence-corrected chi connectivity index (χ1v) is 8.04. The van der Waals surface area contributed by atoms with Crippen LogP contribution in [0.5, 0.6) is 0 Å². The summed E-state index contributed by atoms with van der Waals surface area (Å²) in [5, 5.41) is 19.3. The standard InChI is InChI=1S/C18H10Cl2N2O4/c19-11-7-3-1-5-9(11)13-14(10-6-2-4-8-12(10)20)22-16(18(25)26)15(21-13)17(23)24/h1-8H,(H,23,24)(H,25,26). The topological polar surface area (TPSA) is 100 Å². The van der Waals surface area contributed by atoms with Crippen molar-refractivity contribution >= 4 is 35.1 Å². The Morgan fingerprint density at radius 3 is 1.35 bits per heavy atom. The van der Waals surface area contributed by atoms with Crippen molar-refractivity contribution < 1.29 is 19.8 Å². The SMILES string of the molecule is O=C(O)c1nc(-c2ccccc2Cl)c(-c2ccccc2Cl)nc1C(=O)O. The molecule has 3 aromatic rings. The highest BCUT2D eigenvalue weighted by molar-refractivity contribution is 6.34. The summed E-state index contributed by atoms with van der Waals surface area (Å²) in [5.41, 5.74) is -0.268. The maximum atomic E-state index is 11.5. The summed E-state index contributed by atoms with van der Waals surface area (Å²) in [6.45, 7) is 0. The highest BCUT2D eigenvalue weighted by atomic mass is 35.5. The number of nitrogens with zero attached hydrogens (tertiary/aromatic N) is 2. The maximum Gasteiger partial charge on any atom is 0.357 e. The molecular formula is C18H10Cl2N2O4. The number of hydrogen-bond donors (Lipinski definition) is 2. The second-order valence-corrected chi connectivity index (χ2v) is 6.00. The molecule has 0 saturated heterocycles. The first kappa shape index (κ1) is 17.8. The molecule has 1 heterocycles. The van der Waals surface area contributed by atoms with E-state index in [2.05, 4.69) is 9.97 Å². The molecule has 8 heteroatoms. The van der Waals surface area contributed by atoms with Crippen molar-refractivity contribution in [2.75, 3.05) is 0 Å². The van der Waals surface area contributed by atoms with E-state index in [-0.39, 0.29) is 11.4 Å². The van der Waals surface area contributed by atoms with E-state index >= 15 is 0 Å². The molecule has 0 atom stereocenters. The molecule has 0 aliphatic rings. The van der Waals surface area contributed by atoms with Crippen molar-refractivity contribution in [3.63, 3.8) is 0 Å². The first-order valence-electron chi connectivity index (χ1n) is 7.28. The Morgan fingerprint density at radius 1 is 0.692 bits per heavy atom. The molecule has 1 aromatic heterocycles. The molecule has 2 N–H and O–H groups in total. The number of carbonyl (C=O) groups is 2. The third kappa shape index (κ3) is 3.24. The van der Waals surface area contributed by atoms with Gasteiger partial charge in [0.1, 0.15) is 0 Å². The quantitative estimate of drug-likeness (QED) is 0.681. The average Bonchev–Trinajstić information content (AvgIpc) is 2.61. The summed E-state index contributed by atoms with van der Waals surface area (Å²) in [4.78, 5) is 31.1. The maximum absolute atomic E-state index is 11.5. The molecule has 0 saturated carbocycles. The minimum atomic E-state index is -1.51. The predicted molar refractivity (Wildman–Crippen MR) is 96.8 cm³/mol. The second-order valence-electron chi connectivity index (χ2n) is 5.19. The largest absolute Gasteiger partial charge is 0.476 e. The summed E-state index contributed by atoms with van der Waals surface area (Å²) < 4.78 is 0. The molecule has 0 aliphatic heterocycles. The Kier molecular flexibility index (Phi) is 4.88. The number of carboxylic acids is 2. The summed E-state index contributed by atoms with van der Waals surface area (Å²) in [6.07, 6.45) is 0. The summed E-state index contributed by atoms with van der Waals surface area (Å²) >= 11 is 12.5. The number of benzene rings is 2. The molecule has 0 fully saturated rings. The normalized spacial score (nSPS) is 10.5. The van der Waals surface area contributed by atoms with E-state index in [0.29, 0.717) is 21.2 Å². The van der Waals surface area contributed by atoms with Crippen molar-refractivity contribution in [3.05, 3.63) is 70.0 Å². The van der Waals surface area contributed by atoms with Crippen LogP contribution in [-0.4, -0.2) is 32.1 Å². The predicted octanol–water partition coefficient (Wildman–Crippen LogP) is 4.51. The van der Waals surface area contributed by atoms with Crippen molar-refractivity contribution in [1.82, 2.24) is 9.97 Å². The molecule has 0 aliphatic carbocycles. The molecule has 0 spiro atoms. The van der Waals surface area contributed by atoms with Gasteiger partial charge in [-0.25, -0.2) is 19.6 Å². The van der Waals surface area contributed by atoms with Gasteiger partial charge in [-0.15, -0.1) is 0 Å². The fourth-order valence-corrected chi connectivity index (χ4v) is 2.87. The highest BCUT2D eigenvalue weighted by Crippen LogP contribution is 2.36. The number of aromatic carboxylic acids is 2. The second kappa shape index (κ2) is 7.11. The van der Waals surface area contributed by atoms with Crippen LogP contribution in [0.25, 0.3) is 22.5 Å². The monoisotopic (exact) mass is 388 g/mol. The van der Waals surface area contributed by atoms with Gasteiger partial charge in [-0.3, -0.25) is 0 Å². The van der Waals surface area contributed by atoms with Gasteiger partial charge in [0, 0.05) is 11.1 Å². The highest BCUT2D eigenvalue weighted by Gasteiger charge is 2.26. The van der Waals surface area contributed by atoms with Crippen molar-refractivity contribution in [2.45, 2.75) is 0 Å². The zero-order chi connectivity index (χ0) is 18.8. The third-order valence-electron chi connectivity index (χ3n) is 3.56. The van der Waals surface area contributed by atoms with Crippen molar-refractivity contribution in [2.24, 2.45) is 0 Å². The average molecular weight is 389 g/mol. The number of rotatable bonds is 4. The van der Waals surface area contributed by atoms with E-state index in [1.165, 1.54) is 0 Å². The molecule has 0 bridgehead atoms. The fraction of sp³-hybridized carbons (Fsp3) is 0. The van der Waals surface area contributed by atoms with E-state index in [1.54, 1.807) is 48.5 Å². The van der Waals surface area contributed by atoms with E-state index in [1.807, 2.05) is 0 Å². The zero-order valence-corrected chi connectivity index (χ0v) is 14.5. The van der Waals surface area contributed by atoms with Gasteiger partial charge in [0.25, 0.3) is 0 Å². The van der Waals surface area contributed by atoms with Gasteiger partial charge in [-0.2, -0.15) is 0 Å². The van der Waals surface area contributed by atoms with Crippen LogP contribution in [0.2, 0.25) is 10.0 Å². The van der Waals surface area contributed by atoms with Crippen LogP contribution in [0.1, 0.15) is 21.0 Å². The lowest BCUT2D eigenvalue weighted by Crippen LogP contribution is -2.15. The first-order chi connectivity index (χ1) is 12.4. The Hall–Kier alpha value is -2.96. The van der Waals surface area contributed by atoms with Crippen LogP contribution in [0.4, 0.5) is 0 Å². The Bertz CT molecular complexity index is 955. The lowest BCUT2D eigenvalue weighted by molar-refractivity contribution is 0.0641. The van der Waals surface area contributed by atoms with Gasteiger partial charge in [-0.1, -0.05) is 59.6 Å². The van der Waals surface area contributed by atoms with Crippen LogP contribution in [0.3, 0.4) is 0 Å². The molecular weight excluding hydrogens is 379 g/mol. The lowest BCUT2D eigenvalue weighted by Gasteiger charge is -2.13. The van der Waals surface area contributed by atoms with E-state index in [4.69, 9.17) is 23.2 Å². The van der Waals surface area contributed by atoms with Crippen molar-refractivity contribution in [3.8, 4) is 22.5 Å². The van der Waals surface area contributed by atoms with Crippen LogP contribution in [-0.2, 0) is 0 Å². The Labute approximate surface area is 157 Å². The Balaban J connectivity index is 2.43. The fourth-order valence-electron chi connectivity index (χ4n) is 2.42. The van der Waals surface area contributed by atoms with Crippen LogP contribution in [0.15, 0.2) is 48.5 Å². The van der Waals surface area contributed by atoms with Gasteiger partial charge in [0.2, 0.25) is 0 Å². The minimum Gasteiger partial charge on any atom is -0.476 e. The number of hydrogen-bond acceptors (Lipinski definition) is 4. The van der Waals surface area contributed by atoms with Gasteiger partial charge in [-0.05, 0) is 12.1 Å². The molecule has 2 aromatic carbocycles. The van der Waals surface area contributed by atoms with E-state index in [9.17, 15) is 19.8 Å².